The Morgan fingerprint density at radius 1 is 1.20 bits per heavy atom. The molecule has 3 nitrogen and oxygen atoms in total. The minimum Gasteiger partial charge on any atom is -0.399 e. The zero-order chi connectivity index (χ0) is 13.7. The molecule has 1 aliphatic rings. The Morgan fingerprint density at radius 2 is 1.90 bits per heavy atom. The molecule has 1 heterocycles. The number of rotatable bonds is 6. The van der Waals surface area contributed by atoms with E-state index in [9.17, 15) is 0 Å². The SMILES string of the molecule is CN(C)CCCCC1CCN(c2ccc(N)cc2)C1.I. The van der Waals surface area contributed by atoms with Gasteiger partial charge in [-0.15, -0.1) is 24.0 Å². The normalized spacial score (nSPS) is 18.4. The van der Waals surface area contributed by atoms with E-state index in [-0.39, 0.29) is 24.0 Å². The van der Waals surface area contributed by atoms with E-state index < -0.39 is 0 Å². The summed E-state index contributed by atoms with van der Waals surface area (Å²) in [4.78, 5) is 4.77. The summed E-state index contributed by atoms with van der Waals surface area (Å²) < 4.78 is 0. The first-order valence-electron chi connectivity index (χ1n) is 7.40. The fraction of sp³-hybridized carbons (Fsp3) is 0.625. The molecule has 1 aliphatic heterocycles. The number of nitrogens with zero attached hydrogens (tertiary/aromatic N) is 2. The standard InChI is InChI=1S/C16H27N3.HI/c1-18(2)11-4-3-5-14-10-12-19(13-14)16-8-6-15(17)7-9-16;/h6-9,14H,3-5,10-13,17H2,1-2H3;1H. The lowest BCUT2D eigenvalue weighted by Crippen LogP contribution is -2.19. The number of unbranched alkanes of at least 4 members (excludes halogenated alkanes) is 1. The number of anilines is 2. The average molecular weight is 389 g/mol. The lowest BCUT2D eigenvalue weighted by atomic mass is 10.0. The highest BCUT2D eigenvalue weighted by molar-refractivity contribution is 14.0. The van der Waals surface area contributed by atoms with Gasteiger partial charge in [-0.25, -0.2) is 0 Å². The van der Waals surface area contributed by atoms with Crippen molar-refractivity contribution < 1.29 is 0 Å². The van der Waals surface area contributed by atoms with Crippen LogP contribution >= 0.6 is 24.0 Å². The molecule has 1 unspecified atom stereocenters. The minimum absolute atomic E-state index is 0. The zero-order valence-corrected chi connectivity index (χ0v) is 15.0. The van der Waals surface area contributed by atoms with Crippen LogP contribution in [0.3, 0.4) is 0 Å². The van der Waals surface area contributed by atoms with Gasteiger partial charge in [0.2, 0.25) is 0 Å². The molecule has 1 saturated heterocycles. The smallest absolute Gasteiger partial charge is 0.0367 e. The van der Waals surface area contributed by atoms with Crippen LogP contribution in [0.15, 0.2) is 24.3 Å². The largest absolute Gasteiger partial charge is 0.399 e. The van der Waals surface area contributed by atoms with E-state index in [1.54, 1.807) is 0 Å². The second-order valence-corrected chi connectivity index (χ2v) is 5.99. The van der Waals surface area contributed by atoms with Crippen molar-refractivity contribution in [3.8, 4) is 0 Å². The molecule has 1 aromatic rings. The van der Waals surface area contributed by atoms with E-state index in [4.69, 9.17) is 5.73 Å². The summed E-state index contributed by atoms with van der Waals surface area (Å²) in [6.07, 6.45) is 5.40. The van der Waals surface area contributed by atoms with Crippen molar-refractivity contribution in [3.63, 3.8) is 0 Å². The van der Waals surface area contributed by atoms with Crippen molar-refractivity contribution in [2.24, 2.45) is 5.92 Å². The van der Waals surface area contributed by atoms with Crippen molar-refractivity contribution in [2.75, 3.05) is 44.4 Å². The van der Waals surface area contributed by atoms with E-state index >= 15 is 0 Å². The predicted octanol–water partition coefficient (Wildman–Crippen LogP) is 3.45. The highest BCUT2D eigenvalue weighted by atomic mass is 127. The topological polar surface area (TPSA) is 32.5 Å². The van der Waals surface area contributed by atoms with Gasteiger partial charge in [-0.05, 0) is 70.1 Å². The molecule has 0 saturated carbocycles. The molecule has 4 heteroatoms. The Morgan fingerprint density at radius 3 is 2.55 bits per heavy atom. The molecule has 0 radical (unpaired) electrons. The van der Waals surface area contributed by atoms with Gasteiger partial charge in [0, 0.05) is 24.5 Å². The van der Waals surface area contributed by atoms with Crippen LogP contribution in [0.25, 0.3) is 0 Å². The average Bonchev–Trinajstić information content (AvgIpc) is 2.84. The van der Waals surface area contributed by atoms with E-state index in [0.717, 1.165) is 11.6 Å². The predicted molar refractivity (Wildman–Crippen MR) is 99.0 cm³/mol. The van der Waals surface area contributed by atoms with Crippen LogP contribution in [0.1, 0.15) is 25.7 Å². The number of nitrogens with two attached hydrogens (primary N) is 1. The van der Waals surface area contributed by atoms with E-state index in [2.05, 4.69) is 36.0 Å². The van der Waals surface area contributed by atoms with Crippen molar-refractivity contribution >= 4 is 35.4 Å². The molecule has 1 fully saturated rings. The number of nitrogen functional groups attached to an aromatic ring is 1. The highest BCUT2D eigenvalue weighted by Gasteiger charge is 2.21. The third-order valence-electron chi connectivity index (χ3n) is 4.01. The Kier molecular flexibility index (Phi) is 7.66. The minimum atomic E-state index is 0. The monoisotopic (exact) mass is 389 g/mol. The molecule has 0 aromatic heterocycles. The molecular formula is C16H28IN3. The molecule has 0 aliphatic carbocycles. The highest BCUT2D eigenvalue weighted by Crippen LogP contribution is 2.27. The quantitative estimate of drug-likeness (QED) is 0.460. The first-order valence-corrected chi connectivity index (χ1v) is 7.40. The van der Waals surface area contributed by atoms with Crippen molar-refractivity contribution in [2.45, 2.75) is 25.7 Å². The summed E-state index contributed by atoms with van der Waals surface area (Å²) in [5.41, 5.74) is 7.91. The molecule has 2 rings (SSSR count). The zero-order valence-electron chi connectivity index (χ0n) is 12.7. The Hall–Kier alpha value is -0.490. The number of benzene rings is 1. The van der Waals surface area contributed by atoms with Gasteiger partial charge in [-0.3, -0.25) is 0 Å². The molecule has 2 N–H and O–H groups in total. The summed E-state index contributed by atoms with van der Waals surface area (Å²) in [5.74, 6) is 0.875. The van der Waals surface area contributed by atoms with Crippen molar-refractivity contribution in [1.29, 1.82) is 0 Å². The molecule has 114 valence electrons. The molecule has 1 atom stereocenters. The van der Waals surface area contributed by atoms with Crippen LogP contribution in [0, 0.1) is 5.92 Å². The molecule has 20 heavy (non-hydrogen) atoms. The molecule has 0 amide bonds. The molecule has 1 aromatic carbocycles. The van der Waals surface area contributed by atoms with E-state index in [1.807, 2.05) is 12.1 Å². The molecule has 0 bridgehead atoms. The summed E-state index contributed by atoms with van der Waals surface area (Å²) in [5, 5.41) is 0. The van der Waals surface area contributed by atoms with Gasteiger partial charge >= 0.3 is 0 Å². The second-order valence-electron chi connectivity index (χ2n) is 5.99. The van der Waals surface area contributed by atoms with E-state index in [0.29, 0.717) is 0 Å². The first kappa shape index (κ1) is 17.6. The van der Waals surface area contributed by atoms with Crippen LogP contribution in [0.2, 0.25) is 0 Å². The number of hydrogen-bond donors (Lipinski definition) is 1. The number of halogens is 1. The van der Waals surface area contributed by atoms with Crippen molar-refractivity contribution in [1.82, 2.24) is 4.90 Å². The van der Waals surface area contributed by atoms with Gasteiger partial charge in [0.1, 0.15) is 0 Å². The fourth-order valence-electron chi connectivity index (χ4n) is 2.85. The van der Waals surface area contributed by atoms with Gasteiger partial charge in [0.05, 0.1) is 0 Å². The van der Waals surface area contributed by atoms with Gasteiger partial charge in [0.15, 0.2) is 0 Å². The summed E-state index contributed by atoms with van der Waals surface area (Å²) >= 11 is 0. The van der Waals surface area contributed by atoms with Gasteiger partial charge < -0.3 is 15.5 Å². The van der Waals surface area contributed by atoms with Gasteiger partial charge in [-0.2, -0.15) is 0 Å². The molecule has 0 spiro atoms. The summed E-state index contributed by atoms with van der Waals surface area (Å²) in [6, 6.07) is 8.28. The Balaban J connectivity index is 0.00000200. The molecular weight excluding hydrogens is 361 g/mol. The van der Waals surface area contributed by atoms with Gasteiger partial charge in [-0.1, -0.05) is 6.42 Å². The second kappa shape index (κ2) is 8.72. The fourth-order valence-corrected chi connectivity index (χ4v) is 2.85. The maximum atomic E-state index is 5.74. The number of hydrogen-bond acceptors (Lipinski definition) is 3. The van der Waals surface area contributed by atoms with Crippen molar-refractivity contribution in [3.05, 3.63) is 24.3 Å². The van der Waals surface area contributed by atoms with Crippen LogP contribution in [0.5, 0.6) is 0 Å². The maximum Gasteiger partial charge on any atom is 0.0367 e. The maximum absolute atomic E-state index is 5.74. The Bertz CT molecular complexity index is 378. The Labute approximate surface area is 140 Å². The lowest BCUT2D eigenvalue weighted by Gasteiger charge is -2.19. The van der Waals surface area contributed by atoms with Crippen LogP contribution in [0.4, 0.5) is 11.4 Å². The third-order valence-corrected chi connectivity index (χ3v) is 4.01. The van der Waals surface area contributed by atoms with Crippen LogP contribution < -0.4 is 10.6 Å². The first-order chi connectivity index (χ1) is 9.15. The third kappa shape index (κ3) is 5.48. The van der Waals surface area contributed by atoms with Crippen LogP contribution in [-0.2, 0) is 0 Å². The summed E-state index contributed by atoms with van der Waals surface area (Å²) in [6.45, 7) is 3.63. The summed E-state index contributed by atoms with van der Waals surface area (Å²) in [7, 11) is 4.30. The lowest BCUT2D eigenvalue weighted by molar-refractivity contribution is 0.380. The van der Waals surface area contributed by atoms with Crippen LogP contribution in [-0.4, -0.2) is 38.6 Å². The van der Waals surface area contributed by atoms with E-state index in [1.165, 1.54) is 51.0 Å². The van der Waals surface area contributed by atoms with Gasteiger partial charge in [0.25, 0.3) is 0 Å².